The topological polar surface area (TPSA) is 58.4 Å². The normalized spacial score (nSPS) is 17.1. The predicted molar refractivity (Wildman–Crippen MR) is 76.4 cm³/mol. The summed E-state index contributed by atoms with van der Waals surface area (Å²) in [5, 5.41) is 13.8. The van der Waals surface area contributed by atoms with E-state index in [0.29, 0.717) is 18.2 Å². The molecule has 1 unspecified atom stereocenters. The first-order valence-corrected chi connectivity index (χ1v) is 6.96. The van der Waals surface area contributed by atoms with Crippen LogP contribution in [-0.4, -0.2) is 36.0 Å². The van der Waals surface area contributed by atoms with Gasteiger partial charge < -0.3 is 10.2 Å². The monoisotopic (exact) mass is 281 g/mol. The molecule has 1 aromatic carbocycles. The van der Waals surface area contributed by atoms with Crippen molar-refractivity contribution in [1.29, 1.82) is 0 Å². The molecule has 2 rings (SSSR count). The fourth-order valence-electron chi connectivity index (χ4n) is 2.54. The largest absolute Gasteiger partial charge is 0.384 e. The third-order valence-corrected chi connectivity index (χ3v) is 3.52. The smallest absolute Gasteiger partial charge is 0.274 e. The van der Waals surface area contributed by atoms with Crippen molar-refractivity contribution >= 4 is 11.4 Å². The van der Waals surface area contributed by atoms with Crippen LogP contribution in [0.5, 0.6) is 0 Å². The highest BCUT2D eigenvalue weighted by Crippen LogP contribution is 2.20. The molecule has 0 radical (unpaired) electrons. The zero-order chi connectivity index (χ0) is 14.5. The molecule has 20 heavy (non-hydrogen) atoms. The molecule has 0 amide bonds. The Bertz CT molecular complexity index is 475. The summed E-state index contributed by atoms with van der Waals surface area (Å²) < 4.78 is 13.3. The Balaban J connectivity index is 1.87. The molecule has 5 nitrogen and oxygen atoms in total. The van der Waals surface area contributed by atoms with Crippen molar-refractivity contribution in [2.75, 3.05) is 31.5 Å². The minimum atomic E-state index is -0.589. The van der Waals surface area contributed by atoms with E-state index in [2.05, 4.69) is 17.1 Å². The number of nitro groups is 1. The lowest BCUT2D eigenvalue weighted by atomic mass is 10.1. The molecule has 6 heteroatoms. The maximum Gasteiger partial charge on any atom is 0.274 e. The van der Waals surface area contributed by atoms with Gasteiger partial charge in [-0.2, -0.15) is 0 Å². The highest BCUT2D eigenvalue weighted by atomic mass is 19.1. The zero-order valence-electron chi connectivity index (χ0n) is 11.6. The van der Waals surface area contributed by atoms with Crippen molar-refractivity contribution in [3.8, 4) is 0 Å². The van der Waals surface area contributed by atoms with Gasteiger partial charge in [0.1, 0.15) is 5.82 Å². The Morgan fingerprint density at radius 1 is 1.40 bits per heavy atom. The SMILES string of the molecule is CC(CNc1cc(F)cc([N+](=O)[O-])c1)CN1CCCC1. The van der Waals surface area contributed by atoms with Gasteiger partial charge in [-0.3, -0.25) is 10.1 Å². The summed E-state index contributed by atoms with van der Waals surface area (Å²) >= 11 is 0. The molecule has 1 aliphatic heterocycles. The Morgan fingerprint density at radius 3 is 2.75 bits per heavy atom. The second kappa shape index (κ2) is 6.65. The molecule has 1 fully saturated rings. The number of hydrogen-bond acceptors (Lipinski definition) is 4. The van der Waals surface area contributed by atoms with Crippen molar-refractivity contribution in [3.05, 3.63) is 34.1 Å². The van der Waals surface area contributed by atoms with Gasteiger partial charge >= 0.3 is 0 Å². The van der Waals surface area contributed by atoms with Crippen molar-refractivity contribution in [2.45, 2.75) is 19.8 Å². The number of likely N-dealkylation sites (tertiary alicyclic amines) is 1. The van der Waals surface area contributed by atoms with Crippen LogP contribution in [-0.2, 0) is 0 Å². The van der Waals surface area contributed by atoms with Crippen LogP contribution in [0, 0.1) is 21.8 Å². The van der Waals surface area contributed by atoms with E-state index in [9.17, 15) is 14.5 Å². The average Bonchev–Trinajstić information content (AvgIpc) is 2.88. The van der Waals surface area contributed by atoms with E-state index in [1.807, 2.05) is 0 Å². The standard InChI is InChI=1S/C14H20FN3O2/c1-11(10-17-4-2-3-5-17)9-16-13-6-12(15)7-14(8-13)18(19)20/h6-8,11,16H,2-5,9-10H2,1H3. The Morgan fingerprint density at radius 2 is 2.10 bits per heavy atom. The molecule has 0 saturated carbocycles. The van der Waals surface area contributed by atoms with Gasteiger partial charge in [-0.25, -0.2) is 4.39 Å². The number of non-ortho nitro benzene ring substituents is 1. The van der Waals surface area contributed by atoms with Gasteiger partial charge in [0, 0.05) is 24.8 Å². The lowest BCUT2D eigenvalue weighted by molar-refractivity contribution is -0.385. The quantitative estimate of drug-likeness (QED) is 0.643. The summed E-state index contributed by atoms with van der Waals surface area (Å²) in [5.74, 6) is -0.177. The van der Waals surface area contributed by atoms with Gasteiger partial charge in [0.15, 0.2) is 0 Å². The maximum atomic E-state index is 13.3. The van der Waals surface area contributed by atoms with Gasteiger partial charge in [0.05, 0.1) is 11.0 Å². The molecule has 1 heterocycles. The molecular formula is C14H20FN3O2. The van der Waals surface area contributed by atoms with Crippen LogP contribution in [0.4, 0.5) is 15.8 Å². The predicted octanol–water partition coefficient (Wildman–Crippen LogP) is 2.88. The molecule has 1 aromatic rings. The molecule has 1 atom stereocenters. The fourth-order valence-corrected chi connectivity index (χ4v) is 2.54. The maximum absolute atomic E-state index is 13.3. The van der Waals surface area contributed by atoms with Crippen LogP contribution in [0.2, 0.25) is 0 Å². The van der Waals surface area contributed by atoms with Crippen molar-refractivity contribution < 1.29 is 9.31 Å². The Kier molecular flexibility index (Phi) is 4.89. The van der Waals surface area contributed by atoms with E-state index in [-0.39, 0.29) is 5.69 Å². The molecular weight excluding hydrogens is 261 g/mol. The molecule has 110 valence electrons. The highest BCUT2D eigenvalue weighted by Gasteiger charge is 2.15. The van der Waals surface area contributed by atoms with Crippen LogP contribution >= 0.6 is 0 Å². The van der Waals surface area contributed by atoms with E-state index < -0.39 is 10.7 Å². The highest BCUT2D eigenvalue weighted by molar-refractivity contribution is 5.51. The van der Waals surface area contributed by atoms with Crippen LogP contribution in [0.3, 0.4) is 0 Å². The van der Waals surface area contributed by atoms with Gasteiger partial charge in [0.2, 0.25) is 0 Å². The summed E-state index contributed by atoms with van der Waals surface area (Å²) in [4.78, 5) is 12.5. The van der Waals surface area contributed by atoms with Crippen molar-refractivity contribution in [2.24, 2.45) is 5.92 Å². The van der Waals surface area contributed by atoms with Gasteiger partial charge in [-0.15, -0.1) is 0 Å². The number of hydrogen-bond donors (Lipinski definition) is 1. The molecule has 1 aliphatic rings. The van der Waals surface area contributed by atoms with Crippen LogP contribution in [0.1, 0.15) is 19.8 Å². The zero-order valence-corrected chi connectivity index (χ0v) is 11.6. The summed E-state index contributed by atoms with van der Waals surface area (Å²) in [7, 11) is 0. The lowest BCUT2D eigenvalue weighted by Crippen LogP contribution is -2.28. The molecule has 1 N–H and O–H groups in total. The third kappa shape index (κ3) is 4.16. The molecule has 0 spiro atoms. The molecule has 0 bridgehead atoms. The van der Waals surface area contributed by atoms with E-state index in [4.69, 9.17) is 0 Å². The Hall–Kier alpha value is -1.69. The Labute approximate surface area is 117 Å². The fraction of sp³-hybridized carbons (Fsp3) is 0.571. The lowest BCUT2D eigenvalue weighted by Gasteiger charge is -2.20. The number of halogens is 1. The van der Waals surface area contributed by atoms with E-state index in [0.717, 1.165) is 25.7 Å². The number of nitrogens with one attached hydrogen (secondary N) is 1. The molecule has 1 saturated heterocycles. The first kappa shape index (κ1) is 14.7. The minimum Gasteiger partial charge on any atom is -0.384 e. The van der Waals surface area contributed by atoms with Crippen LogP contribution in [0.15, 0.2) is 18.2 Å². The minimum absolute atomic E-state index is 0.223. The van der Waals surface area contributed by atoms with E-state index >= 15 is 0 Å². The van der Waals surface area contributed by atoms with Crippen LogP contribution in [0.25, 0.3) is 0 Å². The number of benzene rings is 1. The molecule has 0 aromatic heterocycles. The summed E-state index contributed by atoms with van der Waals surface area (Å²) in [5.41, 5.74) is 0.240. The second-order valence-corrected chi connectivity index (χ2v) is 5.45. The van der Waals surface area contributed by atoms with E-state index in [1.165, 1.54) is 25.0 Å². The summed E-state index contributed by atoms with van der Waals surface area (Å²) in [6.45, 7) is 6.10. The average molecular weight is 281 g/mol. The number of anilines is 1. The number of rotatable bonds is 6. The summed E-state index contributed by atoms with van der Waals surface area (Å²) in [6, 6.07) is 3.58. The third-order valence-electron chi connectivity index (χ3n) is 3.52. The van der Waals surface area contributed by atoms with Gasteiger partial charge in [-0.1, -0.05) is 6.92 Å². The van der Waals surface area contributed by atoms with Gasteiger partial charge in [-0.05, 0) is 37.9 Å². The first-order chi connectivity index (χ1) is 9.54. The summed E-state index contributed by atoms with van der Waals surface area (Å²) in [6.07, 6.45) is 2.52. The van der Waals surface area contributed by atoms with Gasteiger partial charge in [0.25, 0.3) is 5.69 Å². The molecule has 0 aliphatic carbocycles. The van der Waals surface area contributed by atoms with Crippen LogP contribution < -0.4 is 5.32 Å². The number of nitro benzene ring substituents is 1. The second-order valence-electron chi connectivity index (χ2n) is 5.45. The van der Waals surface area contributed by atoms with Crippen molar-refractivity contribution in [3.63, 3.8) is 0 Å². The van der Waals surface area contributed by atoms with E-state index in [1.54, 1.807) is 0 Å². The number of nitrogens with zero attached hydrogens (tertiary/aromatic N) is 2. The van der Waals surface area contributed by atoms with Crippen molar-refractivity contribution in [1.82, 2.24) is 4.90 Å². The first-order valence-electron chi connectivity index (χ1n) is 6.96.